The summed E-state index contributed by atoms with van der Waals surface area (Å²) in [6, 6.07) is 10.7. The minimum atomic E-state index is 0.00229. The highest BCUT2D eigenvalue weighted by Gasteiger charge is 2.16. The van der Waals surface area contributed by atoms with E-state index in [0.717, 1.165) is 30.8 Å². The minimum absolute atomic E-state index is 0.00229. The van der Waals surface area contributed by atoms with Crippen molar-refractivity contribution < 1.29 is 4.74 Å². The average molecular weight is 361 g/mol. The molecule has 122 valence electrons. The highest BCUT2D eigenvalue weighted by Crippen LogP contribution is 2.24. The first-order chi connectivity index (χ1) is 11.6. The van der Waals surface area contributed by atoms with Crippen LogP contribution < -0.4 is 10.3 Å². The van der Waals surface area contributed by atoms with Crippen molar-refractivity contribution in [3.63, 3.8) is 0 Å². The van der Waals surface area contributed by atoms with E-state index in [1.165, 1.54) is 0 Å². The van der Waals surface area contributed by atoms with E-state index < -0.39 is 0 Å². The molecule has 2 aromatic carbocycles. The topological polar surface area (TPSA) is 44.1 Å². The Bertz CT molecular complexity index is 998. The smallest absolute Gasteiger partial charge is 0.261 e. The van der Waals surface area contributed by atoms with E-state index in [4.69, 9.17) is 27.9 Å². The maximum absolute atomic E-state index is 12.6. The van der Waals surface area contributed by atoms with Gasteiger partial charge in [-0.1, -0.05) is 29.3 Å². The third-order valence-electron chi connectivity index (χ3n) is 4.20. The summed E-state index contributed by atoms with van der Waals surface area (Å²) in [6.07, 6.45) is 1.83. The molecule has 0 bridgehead atoms. The van der Waals surface area contributed by atoms with Gasteiger partial charge in [-0.15, -0.1) is 0 Å². The highest BCUT2D eigenvalue weighted by molar-refractivity contribution is 6.35. The Morgan fingerprint density at radius 2 is 2.04 bits per heavy atom. The molecule has 0 unspecified atom stereocenters. The molecule has 24 heavy (non-hydrogen) atoms. The fourth-order valence-corrected chi connectivity index (χ4v) is 3.42. The van der Waals surface area contributed by atoms with Gasteiger partial charge in [-0.25, -0.2) is 4.98 Å². The zero-order valence-corrected chi connectivity index (χ0v) is 14.3. The Kier molecular flexibility index (Phi) is 3.94. The van der Waals surface area contributed by atoms with Crippen molar-refractivity contribution in [3.05, 3.63) is 68.2 Å². The Morgan fingerprint density at radius 1 is 1.17 bits per heavy atom. The van der Waals surface area contributed by atoms with Crippen LogP contribution >= 0.6 is 23.2 Å². The van der Waals surface area contributed by atoms with E-state index >= 15 is 0 Å². The Hall–Kier alpha value is -2.04. The summed E-state index contributed by atoms with van der Waals surface area (Å²) >= 11 is 12.0. The molecule has 0 aliphatic carbocycles. The standard InChI is InChI=1S/C18H14Cl2N2O2/c19-12-4-3-11(15(20)8-12)10-24-13-5-6-16-14(9-13)18(23)22-7-1-2-17(22)21-16/h3-6,8-9H,1-2,7,10H2. The molecule has 0 fully saturated rings. The number of hydrogen-bond donors (Lipinski definition) is 0. The maximum atomic E-state index is 12.6. The molecule has 0 amide bonds. The predicted octanol–water partition coefficient (Wildman–Crippen LogP) is 4.23. The lowest BCUT2D eigenvalue weighted by Gasteiger charge is -2.10. The first-order valence-corrected chi connectivity index (χ1v) is 8.47. The van der Waals surface area contributed by atoms with Gasteiger partial charge >= 0.3 is 0 Å². The van der Waals surface area contributed by atoms with Crippen LogP contribution in [0.1, 0.15) is 17.8 Å². The lowest BCUT2D eigenvalue weighted by molar-refractivity contribution is 0.306. The van der Waals surface area contributed by atoms with Gasteiger partial charge in [-0.3, -0.25) is 9.36 Å². The molecule has 1 aromatic heterocycles. The zero-order valence-electron chi connectivity index (χ0n) is 12.8. The molecule has 0 saturated carbocycles. The number of benzene rings is 2. The van der Waals surface area contributed by atoms with Gasteiger partial charge in [0.15, 0.2) is 0 Å². The molecule has 3 aromatic rings. The fourth-order valence-electron chi connectivity index (χ4n) is 2.95. The molecule has 0 spiro atoms. The third-order valence-corrected chi connectivity index (χ3v) is 4.78. The van der Waals surface area contributed by atoms with Gasteiger partial charge in [-0.2, -0.15) is 0 Å². The molecular weight excluding hydrogens is 347 g/mol. The van der Waals surface area contributed by atoms with E-state index in [0.29, 0.717) is 33.3 Å². The monoisotopic (exact) mass is 360 g/mol. The number of fused-ring (bicyclic) bond motifs is 2. The van der Waals surface area contributed by atoms with E-state index in [-0.39, 0.29) is 5.56 Å². The van der Waals surface area contributed by atoms with Crippen LogP contribution in [0, 0.1) is 0 Å². The largest absolute Gasteiger partial charge is 0.489 e. The lowest BCUT2D eigenvalue weighted by Crippen LogP contribution is -2.20. The lowest BCUT2D eigenvalue weighted by atomic mass is 10.2. The number of halogens is 2. The van der Waals surface area contributed by atoms with E-state index in [1.807, 2.05) is 18.2 Å². The van der Waals surface area contributed by atoms with Gasteiger partial charge in [0.2, 0.25) is 0 Å². The van der Waals surface area contributed by atoms with Crippen molar-refractivity contribution in [2.45, 2.75) is 26.0 Å². The highest BCUT2D eigenvalue weighted by atomic mass is 35.5. The van der Waals surface area contributed by atoms with E-state index in [2.05, 4.69) is 4.98 Å². The molecule has 4 nitrogen and oxygen atoms in total. The SMILES string of the molecule is O=c1c2cc(OCc3ccc(Cl)cc3Cl)ccc2nc2n1CCC2. The van der Waals surface area contributed by atoms with Crippen LogP contribution in [-0.2, 0) is 19.6 Å². The van der Waals surface area contributed by atoms with Crippen LogP contribution in [0.25, 0.3) is 10.9 Å². The van der Waals surface area contributed by atoms with Crippen molar-refractivity contribution in [3.8, 4) is 5.75 Å². The van der Waals surface area contributed by atoms with Gasteiger partial charge < -0.3 is 4.74 Å². The molecule has 0 atom stereocenters. The second kappa shape index (κ2) is 6.11. The van der Waals surface area contributed by atoms with Gasteiger partial charge in [-0.05, 0) is 36.8 Å². The summed E-state index contributed by atoms with van der Waals surface area (Å²) in [7, 11) is 0. The summed E-state index contributed by atoms with van der Waals surface area (Å²) in [5.74, 6) is 1.49. The third kappa shape index (κ3) is 2.76. The van der Waals surface area contributed by atoms with Gasteiger partial charge in [0.25, 0.3) is 5.56 Å². The first-order valence-electron chi connectivity index (χ1n) is 7.72. The molecule has 0 N–H and O–H groups in total. The molecular formula is C18H14Cl2N2O2. The Labute approximate surface area is 148 Å². The van der Waals surface area contributed by atoms with Crippen molar-refractivity contribution in [1.82, 2.24) is 9.55 Å². The molecule has 1 aliphatic rings. The number of nitrogens with zero attached hydrogens (tertiary/aromatic N) is 2. The molecule has 0 saturated heterocycles. The van der Waals surface area contributed by atoms with Crippen molar-refractivity contribution in [1.29, 1.82) is 0 Å². The second-order valence-corrected chi connectivity index (χ2v) is 6.64. The van der Waals surface area contributed by atoms with E-state index in [1.54, 1.807) is 22.8 Å². The predicted molar refractivity (Wildman–Crippen MR) is 95.1 cm³/mol. The normalized spacial score (nSPS) is 13.2. The zero-order chi connectivity index (χ0) is 16.7. The van der Waals surface area contributed by atoms with Crippen LogP contribution in [0.3, 0.4) is 0 Å². The van der Waals surface area contributed by atoms with Gasteiger partial charge in [0.1, 0.15) is 18.2 Å². The minimum Gasteiger partial charge on any atom is -0.489 e. The Balaban J connectivity index is 1.64. The summed E-state index contributed by atoms with van der Waals surface area (Å²) in [4.78, 5) is 17.1. The maximum Gasteiger partial charge on any atom is 0.261 e. The first kappa shape index (κ1) is 15.5. The number of hydrogen-bond acceptors (Lipinski definition) is 3. The molecule has 4 rings (SSSR count). The molecule has 1 aliphatic heterocycles. The number of rotatable bonds is 3. The van der Waals surface area contributed by atoms with Crippen LogP contribution in [0.2, 0.25) is 10.0 Å². The van der Waals surface area contributed by atoms with Crippen molar-refractivity contribution in [2.24, 2.45) is 0 Å². The molecule has 6 heteroatoms. The van der Waals surface area contributed by atoms with Crippen LogP contribution in [0.15, 0.2) is 41.2 Å². The summed E-state index contributed by atoms with van der Waals surface area (Å²) < 4.78 is 7.54. The number of ether oxygens (including phenoxy) is 1. The van der Waals surface area contributed by atoms with Crippen LogP contribution in [0.5, 0.6) is 5.75 Å². The van der Waals surface area contributed by atoms with Gasteiger partial charge in [0, 0.05) is 28.6 Å². The van der Waals surface area contributed by atoms with E-state index in [9.17, 15) is 4.79 Å². The van der Waals surface area contributed by atoms with Crippen molar-refractivity contribution in [2.75, 3.05) is 0 Å². The quantitative estimate of drug-likeness (QED) is 0.701. The average Bonchev–Trinajstić information content (AvgIpc) is 3.03. The van der Waals surface area contributed by atoms with Crippen molar-refractivity contribution >= 4 is 34.1 Å². The number of aromatic nitrogens is 2. The summed E-state index contributed by atoms with van der Waals surface area (Å²) in [5.41, 5.74) is 1.55. The molecule has 2 heterocycles. The second-order valence-electron chi connectivity index (χ2n) is 5.79. The number of aryl methyl sites for hydroxylation is 1. The Morgan fingerprint density at radius 3 is 2.88 bits per heavy atom. The van der Waals surface area contributed by atoms with Crippen LogP contribution in [0.4, 0.5) is 0 Å². The fraction of sp³-hybridized carbons (Fsp3) is 0.222. The van der Waals surface area contributed by atoms with Crippen LogP contribution in [-0.4, -0.2) is 9.55 Å². The summed E-state index contributed by atoms with van der Waals surface area (Å²) in [5, 5.41) is 1.73. The summed E-state index contributed by atoms with van der Waals surface area (Å²) in [6.45, 7) is 1.05. The molecule has 0 radical (unpaired) electrons. The van der Waals surface area contributed by atoms with Gasteiger partial charge in [0.05, 0.1) is 10.9 Å².